The van der Waals surface area contributed by atoms with Gasteiger partial charge in [-0.2, -0.15) is 0 Å². The zero-order chi connectivity index (χ0) is 26.9. The van der Waals surface area contributed by atoms with Crippen molar-refractivity contribution in [3.63, 3.8) is 0 Å². The van der Waals surface area contributed by atoms with Crippen LogP contribution in [0.15, 0.2) is 0 Å². The minimum Gasteiger partial charge on any atom is -0.479 e. The van der Waals surface area contributed by atoms with Crippen LogP contribution in [-0.4, -0.2) is 81.1 Å². The second-order valence-electron chi connectivity index (χ2n) is 12.6. The molecule has 4 saturated carbocycles. The van der Waals surface area contributed by atoms with Crippen molar-refractivity contribution in [1.82, 2.24) is 0 Å². The Morgan fingerprint density at radius 2 is 1.73 bits per heavy atom. The maximum Gasteiger partial charge on any atom is 0.335 e. The molecule has 1 heterocycles. The second-order valence-corrected chi connectivity index (χ2v) is 12.6. The van der Waals surface area contributed by atoms with Gasteiger partial charge in [0.2, 0.25) is 0 Å². The summed E-state index contributed by atoms with van der Waals surface area (Å²) in [5, 5.41) is 39.3. The number of carbonyl (C=O) groups is 4. The predicted molar refractivity (Wildman–Crippen MR) is 126 cm³/mol. The van der Waals surface area contributed by atoms with Gasteiger partial charge >= 0.3 is 5.97 Å². The van der Waals surface area contributed by atoms with E-state index in [1.165, 1.54) is 0 Å². The molecule has 10 nitrogen and oxygen atoms in total. The molecule has 4 N–H and O–H groups in total. The van der Waals surface area contributed by atoms with Gasteiger partial charge < -0.3 is 29.9 Å². The number of carbonyl (C=O) groups excluding carboxylic acids is 3. The Balaban J connectivity index is 1.28. The van der Waals surface area contributed by atoms with Gasteiger partial charge in [-0.3, -0.25) is 14.4 Å². The minimum absolute atomic E-state index is 0.0748. The van der Waals surface area contributed by atoms with Crippen molar-refractivity contribution in [2.45, 2.75) is 95.9 Å². The average Bonchev–Trinajstić information content (AvgIpc) is 3.18. The van der Waals surface area contributed by atoms with Gasteiger partial charge in [-0.1, -0.05) is 13.8 Å². The van der Waals surface area contributed by atoms with E-state index in [-0.39, 0.29) is 40.7 Å². The fraction of sp³-hybridized carbons (Fsp3) is 0.852. The Kier molecular flexibility index (Phi) is 6.89. The van der Waals surface area contributed by atoms with Gasteiger partial charge in [0.25, 0.3) is 0 Å². The average molecular weight is 523 g/mol. The summed E-state index contributed by atoms with van der Waals surface area (Å²) in [6.07, 6.45) is -3.32. The summed E-state index contributed by atoms with van der Waals surface area (Å²) < 4.78 is 10.6. The van der Waals surface area contributed by atoms with Crippen molar-refractivity contribution < 1.29 is 49.1 Å². The van der Waals surface area contributed by atoms with E-state index in [1.807, 2.05) is 6.92 Å². The number of carboxylic acid groups (broad SMARTS) is 1. The Labute approximate surface area is 215 Å². The number of hydrogen-bond donors (Lipinski definition) is 4. The second kappa shape index (κ2) is 9.48. The summed E-state index contributed by atoms with van der Waals surface area (Å²) in [6, 6.07) is 0. The molecule has 1 saturated heterocycles. The molecule has 4 aliphatic carbocycles. The third-order valence-corrected chi connectivity index (χ3v) is 10.8. The summed E-state index contributed by atoms with van der Waals surface area (Å²) in [5.74, 6) is -1.13. The lowest BCUT2D eigenvalue weighted by molar-refractivity contribution is -0.292. The van der Waals surface area contributed by atoms with Crippen molar-refractivity contribution in [2.75, 3.05) is 6.61 Å². The molecular weight excluding hydrogens is 484 g/mol. The van der Waals surface area contributed by atoms with Gasteiger partial charge in [0.15, 0.2) is 18.2 Å². The van der Waals surface area contributed by atoms with Crippen LogP contribution >= 0.6 is 0 Å². The van der Waals surface area contributed by atoms with E-state index in [0.717, 1.165) is 25.7 Å². The van der Waals surface area contributed by atoms with Crippen LogP contribution in [0.1, 0.15) is 65.2 Å². The van der Waals surface area contributed by atoms with Crippen molar-refractivity contribution in [3.8, 4) is 0 Å². The first-order valence-electron chi connectivity index (χ1n) is 13.5. The normalized spacial score (nSPS) is 49.6. The highest BCUT2D eigenvalue weighted by molar-refractivity contribution is 5.89. The first-order valence-corrected chi connectivity index (χ1v) is 13.5. The molecular formula is C27H38O10. The number of fused-ring (bicyclic) bond motifs is 5. The lowest BCUT2D eigenvalue weighted by Crippen LogP contribution is -2.60. The summed E-state index contributed by atoms with van der Waals surface area (Å²) in [5.41, 5.74) is -0.682. The maximum absolute atomic E-state index is 13.7. The van der Waals surface area contributed by atoms with E-state index < -0.39 is 54.6 Å². The van der Waals surface area contributed by atoms with Crippen LogP contribution < -0.4 is 0 Å². The van der Waals surface area contributed by atoms with Crippen LogP contribution in [0.4, 0.5) is 0 Å². The third-order valence-electron chi connectivity index (χ3n) is 10.8. The van der Waals surface area contributed by atoms with Crippen molar-refractivity contribution in [1.29, 1.82) is 0 Å². The van der Waals surface area contributed by atoms with Crippen molar-refractivity contribution >= 4 is 23.3 Å². The summed E-state index contributed by atoms with van der Waals surface area (Å²) in [4.78, 5) is 50.5. The lowest BCUT2D eigenvalue weighted by Gasteiger charge is -2.59. The van der Waals surface area contributed by atoms with Gasteiger partial charge in [0, 0.05) is 31.1 Å². The van der Waals surface area contributed by atoms with Gasteiger partial charge in [-0.25, -0.2) is 4.79 Å². The summed E-state index contributed by atoms with van der Waals surface area (Å²) >= 11 is 0. The topological polar surface area (TPSA) is 168 Å². The van der Waals surface area contributed by atoms with Crippen molar-refractivity contribution in [2.24, 2.45) is 40.4 Å². The first-order chi connectivity index (χ1) is 17.4. The maximum atomic E-state index is 13.7. The SMILES string of the molecule is C[C@]12CCC(=O)C[C@@H]1CC[C@H]1[C@@H]3CC[C@H](C(=O)COC4O[C@H](C(=O)O)[C@@H](O)[C@H](O)[C@H]4O)[C@@]3(C)CC(=O)[C@@H]12. The molecule has 0 radical (unpaired) electrons. The smallest absolute Gasteiger partial charge is 0.335 e. The number of hydrogen-bond acceptors (Lipinski definition) is 9. The number of rotatable bonds is 5. The molecule has 0 aromatic rings. The molecule has 5 fully saturated rings. The van der Waals surface area contributed by atoms with Crippen LogP contribution in [0, 0.1) is 40.4 Å². The number of aliphatic hydroxyl groups excluding tert-OH is 3. The van der Waals surface area contributed by atoms with E-state index in [9.17, 15) is 39.6 Å². The third kappa shape index (κ3) is 4.19. The Morgan fingerprint density at radius 1 is 1.00 bits per heavy atom. The molecule has 12 atom stereocenters. The Bertz CT molecular complexity index is 980. The molecule has 0 spiro atoms. The minimum atomic E-state index is -1.84. The zero-order valence-corrected chi connectivity index (χ0v) is 21.4. The molecule has 1 aliphatic heterocycles. The van der Waals surface area contributed by atoms with Gasteiger partial charge in [0.05, 0.1) is 0 Å². The highest BCUT2D eigenvalue weighted by Gasteiger charge is 2.64. The molecule has 0 bridgehead atoms. The van der Waals surface area contributed by atoms with Crippen LogP contribution in [0.25, 0.3) is 0 Å². The monoisotopic (exact) mass is 522 g/mol. The molecule has 37 heavy (non-hydrogen) atoms. The summed E-state index contributed by atoms with van der Waals surface area (Å²) in [6.45, 7) is 3.75. The molecule has 5 aliphatic rings. The van der Waals surface area contributed by atoms with E-state index >= 15 is 0 Å². The highest BCUT2D eigenvalue weighted by atomic mass is 16.7. The van der Waals surface area contributed by atoms with Crippen LogP contribution in [0.2, 0.25) is 0 Å². The van der Waals surface area contributed by atoms with E-state index in [4.69, 9.17) is 9.47 Å². The number of aliphatic hydroxyl groups is 3. The van der Waals surface area contributed by atoms with Gasteiger partial charge in [-0.15, -0.1) is 0 Å². The number of Topliss-reactive ketones (excluding diaryl/α,β-unsaturated/α-hetero) is 3. The molecule has 206 valence electrons. The van der Waals surface area contributed by atoms with E-state index in [2.05, 4.69) is 6.92 Å². The number of aliphatic carboxylic acids is 1. The molecule has 10 heteroatoms. The highest BCUT2D eigenvalue weighted by Crippen LogP contribution is 2.66. The van der Waals surface area contributed by atoms with Crippen LogP contribution in [0.5, 0.6) is 0 Å². The predicted octanol–water partition coefficient (Wildman–Crippen LogP) is 0.871. The number of carboxylic acids is 1. The lowest BCUT2D eigenvalue weighted by atomic mass is 9.44. The van der Waals surface area contributed by atoms with Crippen LogP contribution in [0.3, 0.4) is 0 Å². The zero-order valence-electron chi connectivity index (χ0n) is 21.4. The molecule has 5 rings (SSSR count). The quantitative estimate of drug-likeness (QED) is 0.407. The van der Waals surface area contributed by atoms with E-state index in [1.54, 1.807) is 0 Å². The Hall–Kier alpha value is -1.72. The molecule has 0 aromatic heterocycles. The summed E-state index contributed by atoms with van der Waals surface area (Å²) in [7, 11) is 0. The standard InChI is InChI=1S/C27H38O10/c1-26-8-7-13(28)9-12(26)3-4-14-15-5-6-16(27(15,2)10-17(29)19(14)26)18(30)11-36-25-22(33)20(31)21(32)23(37-25)24(34)35/h12,14-16,19-23,25,31-33H,3-11H2,1-2H3,(H,34,35)/t12-,14-,15-,16+,19+,20-,21-,22+,23-,25?,26-,27-/m0/s1. The fourth-order valence-electron chi connectivity index (χ4n) is 8.84. The number of ketones is 3. The van der Waals surface area contributed by atoms with Gasteiger partial charge in [0.1, 0.15) is 36.5 Å². The van der Waals surface area contributed by atoms with Gasteiger partial charge in [-0.05, 0) is 60.7 Å². The molecule has 0 aromatic carbocycles. The Morgan fingerprint density at radius 3 is 2.43 bits per heavy atom. The largest absolute Gasteiger partial charge is 0.479 e. The van der Waals surface area contributed by atoms with Crippen molar-refractivity contribution in [3.05, 3.63) is 0 Å². The number of ether oxygens (including phenoxy) is 2. The van der Waals surface area contributed by atoms with Crippen LogP contribution in [-0.2, 0) is 28.7 Å². The van der Waals surface area contributed by atoms with E-state index in [0.29, 0.717) is 31.5 Å². The molecule has 0 amide bonds. The first kappa shape index (κ1) is 26.9. The molecule has 1 unspecified atom stereocenters. The fourth-order valence-corrected chi connectivity index (χ4v) is 8.84.